The van der Waals surface area contributed by atoms with Crippen molar-refractivity contribution in [2.75, 3.05) is 32.6 Å². The van der Waals surface area contributed by atoms with Gasteiger partial charge >= 0.3 is 5.97 Å². The monoisotopic (exact) mass is 350 g/mol. The molecule has 0 saturated heterocycles. The molecule has 1 aromatic carbocycles. The number of nitrogen functional groups attached to an aromatic ring is 1. The van der Waals surface area contributed by atoms with Crippen LogP contribution in [0.5, 0.6) is 5.75 Å². The van der Waals surface area contributed by atoms with Crippen LogP contribution in [-0.2, 0) is 14.3 Å². The Morgan fingerprint density at radius 3 is 2.72 bits per heavy atom. The van der Waals surface area contributed by atoms with Gasteiger partial charge in [0.2, 0.25) is 0 Å². The molecule has 0 aromatic heterocycles. The van der Waals surface area contributed by atoms with Crippen molar-refractivity contribution in [2.45, 2.75) is 38.2 Å². The molecular weight excluding hydrogens is 324 g/mol. The summed E-state index contributed by atoms with van der Waals surface area (Å²) in [7, 11) is 1.56. The molecule has 1 aliphatic carbocycles. The van der Waals surface area contributed by atoms with Gasteiger partial charge in [-0.2, -0.15) is 0 Å². The lowest BCUT2D eigenvalue weighted by Gasteiger charge is -2.22. The highest BCUT2D eigenvalue weighted by Crippen LogP contribution is 2.25. The van der Waals surface area contributed by atoms with Crippen LogP contribution in [0.25, 0.3) is 0 Å². The van der Waals surface area contributed by atoms with Gasteiger partial charge in [0, 0.05) is 13.7 Å². The van der Waals surface area contributed by atoms with Crippen LogP contribution in [0.15, 0.2) is 18.2 Å². The highest BCUT2D eigenvalue weighted by atomic mass is 16.5. The maximum atomic E-state index is 12.3. The highest BCUT2D eigenvalue weighted by Gasteiger charge is 2.19. The van der Waals surface area contributed by atoms with Gasteiger partial charge in [-0.1, -0.05) is 6.42 Å². The number of carbonyl (C=O) groups excluding carboxylic acids is 2. The van der Waals surface area contributed by atoms with E-state index in [0.29, 0.717) is 30.2 Å². The van der Waals surface area contributed by atoms with E-state index in [9.17, 15) is 9.59 Å². The predicted octanol–water partition coefficient (Wildman–Crippen LogP) is 1.90. The minimum Gasteiger partial charge on any atom is -0.482 e. The molecule has 138 valence electrons. The van der Waals surface area contributed by atoms with E-state index in [4.69, 9.17) is 19.9 Å². The van der Waals surface area contributed by atoms with Gasteiger partial charge < -0.3 is 25.3 Å². The summed E-state index contributed by atoms with van der Waals surface area (Å²) in [5, 5.41) is 2.64. The first-order valence-corrected chi connectivity index (χ1v) is 8.59. The molecule has 1 saturated carbocycles. The van der Waals surface area contributed by atoms with Crippen molar-refractivity contribution in [3.05, 3.63) is 23.8 Å². The Kier molecular flexibility index (Phi) is 7.53. The van der Waals surface area contributed by atoms with E-state index in [0.717, 1.165) is 25.7 Å². The van der Waals surface area contributed by atoms with E-state index in [1.165, 1.54) is 12.5 Å². The van der Waals surface area contributed by atoms with Crippen LogP contribution in [0.2, 0.25) is 0 Å². The number of esters is 1. The number of methoxy groups -OCH3 is 1. The molecule has 3 N–H and O–H groups in total. The number of hydrogen-bond donors (Lipinski definition) is 2. The predicted molar refractivity (Wildman–Crippen MR) is 93.5 cm³/mol. The molecule has 0 radical (unpaired) electrons. The maximum absolute atomic E-state index is 12.3. The average Bonchev–Trinajstić information content (AvgIpc) is 2.62. The Balaban J connectivity index is 1.89. The van der Waals surface area contributed by atoms with Crippen molar-refractivity contribution in [2.24, 2.45) is 0 Å². The molecule has 7 heteroatoms. The summed E-state index contributed by atoms with van der Waals surface area (Å²) in [6.45, 7) is 0.646. The molecule has 1 aromatic rings. The normalized spacial score (nSPS) is 14.8. The summed E-state index contributed by atoms with van der Waals surface area (Å²) in [6.07, 6.45) is 5.17. The largest absolute Gasteiger partial charge is 0.482 e. The molecule has 25 heavy (non-hydrogen) atoms. The maximum Gasteiger partial charge on any atom is 0.338 e. The molecule has 0 atom stereocenters. The lowest BCUT2D eigenvalue weighted by molar-refractivity contribution is -0.123. The highest BCUT2D eigenvalue weighted by molar-refractivity contribution is 5.91. The van der Waals surface area contributed by atoms with Crippen LogP contribution >= 0.6 is 0 Å². The first kappa shape index (κ1) is 19.1. The van der Waals surface area contributed by atoms with Crippen molar-refractivity contribution in [1.82, 2.24) is 5.32 Å². The third-order valence-corrected chi connectivity index (χ3v) is 4.06. The molecular formula is C18H26N2O5. The van der Waals surface area contributed by atoms with Gasteiger partial charge in [-0.25, -0.2) is 4.79 Å². The van der Waals surface area contributed by atoms with E-state index >= 15 is 0 Å². The number of hydrogen-bond acceptors (Lipinski definition) is 6. The fourth-order valence-electron chi connectivity index (χ4n) is 2.68. The SMILES string of the molecule is COCCNC(=O)COc1cc(C(=O)OC2CCCCC2)ccc1N. The quantitative estimate of drug-likeness (QED) is 0.422. The first-order chi connectivity index (χ1) is 12.1. The van der Waals surface area contributed by atoms with Crippen molar-refractivity contribution >= 4 is 17.6 Å². The molecule has 0 spiro atoms. The second kappa shape index (κ2) is 9.88. The molecule has 0 bridgehead atoms. The third-order valence-electron chi connectivity index (χ3n) is 4.06. The van der Waals surface area contributed by atoms with Gasteiger partial charge in [0.15, 0.2) is 6.61 Å². The second-order valence-electron chi connectivity index (χ2n) is 6.05. The molecule has 0 unspecified atom stereocenters. The van der Waals surface area contributed by atoms with E-state index in [2.05, 4.69) is 5.32 Å². The van der Waals surface area contributed by atoms with Crippen LogP contribution < -0.4 is 15.8 Å². The summed E-state index contributed by atoms with van der Waals surface area (Å²) in [6, 6.07) is 4.70. The van der Waals surface area contributed by atoms with Crippen molar-refractivity contribution in [1.29, 1.82) is 0 Å². The van der Waals surface area contributed by atoms with Crippen molar-refractivity contribution < 1.29 is 23.8 Å². The van der Waals surface area contributed by atoms with E-state index in [1.54, 1.807) is 19.2 Å². The lowest BCUT2D eigenvalue weighted by atomic mass is 9.98. The first-order valence-electron chi connectivity index (χ1n) is 8.59. The van der Waals surface area contributed by atoms with Gasteiger partial charge in [-0.3, -0.25) is 4.79 Å². The van der Waals surface area contributed by atoms with E-state index < -0.39 is 0 Å². The molecule has 0 aliphatic heterocycles. The minimum absolute atomic E-state index is 0.0188. The average molecular weight is 350 g/mol. The molecule has 1 amide bonds. The molecule has 2 rings (SSSR count). The topological polar surface area (TPSA) is 99.9 Å². The van der Waals surface area contributed by atoms with Crippen molar-refractivity contribution in [3.8, 4) is 5.75 Å². The minimum atomic E-state index is -0.388. The number of anilines is 1. The third kappa shape index (κ3) is 6.26. The molecule has 7 nitrogen and oxygen atoms in total. The summed E-state index contributed by atoms with van der Waals surface area (Å²) < 4.78 is 15.8. The van der Waals surface area contributed by atoms with Gasteiger partial charge in [0.25, 0.3) is 5.91 Å². The number of amides is 1. The fourth-order valence-corrected chi connectivity index (χ4v) is 2.68. The number of ether oxygens (including phenoxy) is 3. The van der Waals surface area contributed by atoms with E-state index in [1.807, 2.05) is 0 Å². The van der Waals surface area contributed by atoms with Crippen molar-refractivity contribution in [3.63, 3.8) is 0 Å². The Labute approximate surface area is 147 Å². The number of carbonyl (C=O) groups is 2. The van der Waals surface area contributed by atoms with Gasteiger partial charge in [-0.15, -0.1) is 0 Å². The number of nitrogens with two attached hydrogens (primary N) is 1. The molecule has 0 heterocycles. The Bertz CT molecular complexity index is 585. The second-order valence-corrected chi connectivity index (χ2v) is 6.05. The standard InChI is InChI=1S/C18H26N2O5/c1-23-10-9-20-17(21)12-24-16-11-13(7-8-15(16)19)18(22)25-14-5-3-2-4-6-14/h7-8,11,14H,2-6,9-10,12,19H2,1H3,(H,20,21). The summed E-state index contributed by atoms with van der Waals surface area (Å²) in [5.74, 6) is -0.382. The number of nitrogens with one attached hydrogen (secondary N) is 1. The Morgan fingerprint density at radius 2 is 2.00 bits per heavy atom. The van der Waals surface area contributed by atoms with Crippen LogP contribution in [0.4, 0.5) is 5.69 Å². The zero-order chi connectivity index (χ0) is 18.1. The summed E-state index contributed by atoms with van der Waals surface area (Å²) in [5.41, 5.74) is 6.58. The van der Waals surface area contributed by atoms with Crippen LogP contribution in [-0.4, -0.2) is 44.8 Å². The van der Waals surface area contributed by atoms with Gasteiger partial charge in [0.05, 0.1) is 17.9 Å². The van der Waals surface area contributed by atoms with Gasteiger partial charge in [0.1, 0.15) is 11.9 Å². The Morgan fingerprint density at radius 1 is 1.24 bits per heavy atom. The number of benzene rings is 1. The molecule has 1 fully saturated rings. The summed E-state index contributed by atoms with van der Waals surface area (Å²) >= 11 is 0. The van der Waals surface area contributed by atoms with Crippen LogP contribution in [0.3, 0.4) is 0 Å². The van der Waals surface area contributed by atoms with E-state index in [-0.39, 0.29) is 24.6 Å². The summed E-state index contributed by atoms with van der Waals surface area (Å²) in [4.78, 5) is 23.9. The fraction of sp³-hybridized carbons (Fsp3) is 0.556. The van der Waals surface area contributed by atoms with Crippen LogP contribution in [0, 0.1) is 0 Å². The van der Waals surface area contributed by atoms with Crippen LogP contribution in [0.1, 0.15) is 42.5 Å². The lowest BCUT2D eigenvalue weighted by Crippen LogP contribution is -2.31. The molecule has 1 aliphatic rings. The Hall–Kier alpha value is -2.28. The van der Waals surface area contributed by atoms with Gasteiger partial charge in [-0.05, 0) is 43.9 Å². The zero-order valence-electron chi connectivity index (χ0n) is 14.6. The smallest absolute Gasteiger partial charge is 0.338 e. The zero-order valence-corrected chi connectivity index (χ0v) is 14.6. The number of rotatable bonds is 8.